The molecule has 44 valence electrons. The van der Waals surface area contributed by atoms with Gasteiger partial charge in [-0.25, -0.2) is 5.26 Å². The first kappa shape index (κ1) is 43.0. The van der Waals surface area contributed by atoms with Crippen LogP contribution in [0.1, 0.15) is 0 Å². The molecule has 6 heteroatoms. The number of halogens is 4. The van der Waals surface area contributed by atoms with Crippen LogP contribution in [0.4, 0.5) is 0 Å². The van der Waals surface area contributed by atoms with Gasteiger partial charge in [-0.1, -0.05) is 0 Å². The van der Waals surface area contributed by atoms with Gasteiger partial charge in [-0.15, -0.1) is 95.9 Å². The van der Waals surface area contributed by atoms with Crippen molar-refractivity contribution in [1.29, 1.82) is 5.26 Å². The maximum absolute atomic E-state index is 6.50. The van der Waals surface area contributed by atoms with Gasteiger partial charge in [0, 0.05) is 6.57 Å². The van der Waals surface area contributed by atoms with Crippen LogP contribution in [0.3, 0.4) is 0 Å². The molecule has 0 bridgehead atoms. The van der Waals surface area contributed by atoms with Crippen molar-refractivity contribution in [3.63, 3.8) is 0 Å². The van der Waals surface area contributed by atoms with Gasteiger partial charge in [0.15, 0.2) is 0 Å². The monoisotopic (exact) mass is 625 g/mol. The summed E-state index contributed by atoms with van der Waals surface area (Å²) in [4.78, 5) is 0. The summed E-state index contributed by atoms with van der Waals surface area (Å²) in [5, 5.41) is 6.50. The fraction of sp³-hybridized carbons (Fsp3) is 0. The van der Waals surface area contributed by atoms with Crippen LogP contribution in [0.5, 0.6) is 0 Å². The van der Waals surface area contributed by atoms with E-state index in [0.717, 1.165) is 0 Å². The van der Waals surface area contributed by atoms with Gasteiger partial charge in [-0.3, -0.25) is 0 Å². The second-order valence-corrected chi connectivity index (χ2v) is 0. The van der Waals surface area contributed by atoms with Crippen LogP contribution < -0.4 is 0 Å². The van der Waals surface area contributed by atoms with E-state index >= 15 is 0 Å². The van der Waals surface area contributed by atoms with Crippen LogP contribution in [0.2, 0.25) is 0 Å². The van der Waals surface area contributed by atoms with Crippen LogP contribution in [0, 0.1) is 11.8 Å². The molecule has 0 amide bonds. The Hall–Kier alpha value is 4.22. The van der Waals surface area contributed by atoms with E-state index in [2.05, 4.69) is 6.57 Å². The van der Waals surface area contributed by atoms with Crippen molar-refractivity contribution in [2.24, 2.45) is 0 Å². The van der Waals surface area contributed by atoms with Gasteiger partial charge in [0.2, 0.25) is 0 Å². The Labute approximate surface area is 161 Å². The molecule has 0 N–H and O–H groups in total. The molecule has 0 aliphatic carbocycles. The fourth-order valence-corrected chi connectivity index (χ4v) is 0. The van der Waals surface area contributed by atoms with Crippen LogP contribution in [0.15, 0.2) is 0 Å². The summed E-state index contributed by atoms with van der Waals surface area (Å²) in [5.74, 6) is 0. The molecule has 0 saturated carbocycles. The van der Waals surface area contributed by atoms with Gasteiger partial charge < -0.3 is 0 Å². The molecule has 0 aromatic carbocycles. The van der Waals surface area contributed by atoms with Crippen molar-refractivity contribution in [3.05, 3.63) is 0 Å². The SMILES string of the molecule is C#N.I.I.I.I.[RbH]. The Balaban J connectivity index is -0.000000000500. The van der Waals surface area contributed by atoms with Crippen molar-refractivity contribution in [2.45, 2.75) is 0 Å². The number of rotatable bonds is 0. The zero-order valence-electron chi connectivity index (χ0n) is 2.66. The van der Waals surface area contributed by atoms with Gasteiger partial charge >= 0.3 is 58.2 Å². The first-order valence-electron chi connectivity index (χ1n) is 0.258. The molecule has 7 heavy (non-hydrogen) atoms. The molecule has 0 rings (SSSR count). The molecule has 0 fully saturated rings. The third-order valence-corrected chi connectivity index (χ3v) is 0. The average molecular weight is 625 g/mol. The molecule has 0 aromatic rings. The summed E-state index contributed by atoms with van der Waals surface area (Å²) < 4.78 is 0. The van der Waals surface area contributed by atoms with Crippen molar-refractivity contribution < 1.29 is 0 Å². The van der Waals surface area contributed by atoms with E-state index in [0.29, 0.717) is 0 Å². The Morgan fingerprint density at radius 2 is 0.714 bits per heavy atom. The van der Waals surface area contributed by atoms with E-state index in [9.17, 15) is 0 Å². The van der Waals surface area contributed by atoms with Crippen LogP contribution in [-0.4, -0.2) is 58.2 Å². The molecule has 0 spiro atoms. The predicted molar refractivity (Wildman–Crippen MR) is 75.5 cm³/mol. The zero-order chi connectivity index (χ0) is 2.00. The van der Waals surface area contributed by atoms with Crippen LogP contribution in [0.25, 0.3) is 0 Å². The second-order valence-electron chi connectivity index (χ2n) is 0. The maximum atomic E-state index is 6.50. The van der Waals surface area contributed by atoms with E-state index in [4.69, 9.17) is 5.26 Å². The Morgan fingerprint density at radius 3 is 0.714 bits per heavy atom. The van der Waals surface area contributed by atoms with E-state index in [1.54, 1.807) is 0 Å². The van der Waals surface area contributed by atoms with Crippen molar-refractivity contribution in [2.75, 3.05) is 0 Å². The Kier molecular flexibility index (Phi) is 300. The Morgan fingerprint density at radius 1 is 0.714 bits per heavy atom. The molecule has 0 saturated heterocycles. The van der Waals surface area contributed by atoms with Crippen molar-refractivity contribution >= 4 is 154 Å². The first-order valence-corrected chi connectivity index (χ1v) is 0.258. The summed E-state index contributed by atoms with van der Waals surface area (Å²) in [6, 6.07) is 0. The summed E-state index contributed by atoms with van der Waals surface area (Å²) in [5.41, 5.74) is 0. The predicted octanol–water partition coefficient (Wildman–Crippen LogP) is 1.96. The summed E-state index contributed by atoms with van der Waals surface area (Å²) in [6.07, 6.45) is 0. The van der Waals surface area contributed by atoms with Crippen molar-refractivity contribution in [3.8, 4) is 6.57 Å². The number of hydrogen-bond donors (Lipinski definition) is 0. The molecule has 0 heterocycles. The third-order valence-electron chi connectivity index (χ3n) is 0. The van der Waals surface area contributed by atoms with E-state index < -0.39 is 0 Å². The van der Waals surface area contributed by atoms with Gasteiger partial charge in [0.25, 0.3) is 0 Å². The van der Waals surface area contributed by atoms with Gasteiger partial charge in [-0.2, -0.15) is 0 Å². The summed E-state index contributed by atoms with van der Waals surface area (Å²) in [7, 11) is 0. The van der Waals surface area contributed by atoms with E-state index in [1.165, 1.54) is 0 Å². The number of nitrogens with zero attached hydrogens (tertiary/aromatic N) is 1. The topological polar surface area (TPSA) is 23.8 Å². The first-order chi connectivity index (χ1) is 1.00. The molecule has 0 unspecified atom stereocenters. The molecule has 0 aromatic heterocycles. The molecule has 0 aliphatic rings. The molecule has 1 nitrogen and oxygen atoms in total. The van der Waals surface area contributed by atoms with Gasteiger partial charge in [0.05, 0.1) is 0 Å². The minimum absolute atomic E-state index is 0. The normalized spacial score (nSPS) is 0.286. The molecular weight excluding hydrogens is 619 g/mol. The van der Waals surface area contributed by atoms with Gasteiger partial charge in [-0.05, 0) is 0 Å². The quantitative estimate of drug-likeness (QED) is 0.379. The number of hydrogen-bond acceptors (Lipinski definition) is 1. The summed E-state index contributed by atoms with van der Waals surface area (Å²) in [6.45, 7) is 3.50. The van der Waals surface area contributed by atoms with E-state index in [1.807, 2.05) is 0 Å². The molecule has 0 aliphatic heterocycles. The number of nitriles is 1. The van der Waals surface area contributed by atoms with Gasteiger partial charge in [0.1, 0.15) is 0 Å². The molecule has 0 atom stereocenters. The molecular formula is CH6I4NRb. The van der Waals surface area contributed by atoms with E-state index in [-0.39, 0.29) is 154 Å². The van der Waals surface area contributed by atoms with Crippen LogP contribution in [-0.2, 0) is 0 Å². The zero-order valence-corrected chi connectivity index (χ0v) is 12.0. The fourth-order valence-electron chi connectivity index (χ4n) is 0. The molecule has 0 radical (unpaired) electrons. The average Bonchev–Trinajstić information content (AvgIpc) is 1.00. The second kappa shape index (κ2) is 48.8. The summed E-state index contributed by atoms with van der Waals surface area (Å²) >= 11 is 0. The standard InChI is InChI=1S/CHN.4HI.Rb.H/c1-2;;;;;;/h1H;4*1H;;. The van der Waals surface area contributed by atoms with Crippen LogP contribution >= 0.6 is 95.9 Å². The minimum atomic E-state index is 0. The Bertz CT molecular complexity index is 16.4. The van der Waals surface area contributed by atoms with Crippen molar-refractivity contribution in [1.82, 2.24) is 0 Å². The third kappa shape index (κ3) is 38.8.